The number of nitrogen functional groups attached to an aromatic ring is 1. The molecule has 102 valence electrons. The van der Waals surface area contributed by atoms with Crippen LogP contribution in [0.2, 0.25) is 0 Å². The first-order valence-electron chi connectivity index (χ1n) is 6.48. The molecule has 6 nitrogen and oxygen atoms in total. The zero-order valence-electron chi connectivity index (χ0n) is 10.7. The maximum Gasteiger partial charge on any atom is 0.179 e. The fraction of sp³-hybridized carbons (Fsp3) is 0.538. The molecule has 4 atom stereocenters. The van der Waals surface area contributed by atoms with Gasteiger partial charge in [-0.2, -0.15) is 0 Å². The van der Waals surface area contributed by atoms with Crippen LogP contribution < -0.4 is 5.73 Å². The van der Waals surface area contributed by atoms with Crippen molar-refractivity contribution in [2.75, 3.05) is 5.73 Å². The molecule has 0 spiro atoms. The molecule has 0 radical (unpaired) electrons. The zero-order valence-corrected chi connectivity index (χ0v) is 10.7. The summed E-state index contributed by atoms with van der Waals surface area (Å²) in [5.41, 5.74) is 8.78. The minimum atomic E-state index is -0.404. The van der Waals surface area contributed by atoms with Crippen LogP contribution in [-0.2, 0) is 0 Å². The molecule has 0 aromatic carbocycles. The van der Waals surface area contributed by atoms with Crippen molar-refractivity contribution < 1.29 is 10.2 Å². The number of anilines is 1. The van der Waals surface area contributed by atoms with Gasteiger partial charge in [0.25, 0.3) is 0 Å². The van der Waals surface area contributed by atoms with Crippen molar-refractivity contribution in [1.29, 1.82) is 0 Å². The van der Waals surface area contributed by atoms with Gasteiger partial charge in [0, 0.05) is 5.69 Å². The van der Waals surface area contributed by atoms with E-state index in [2.05, 4.69) is 15.0 Å². The monoisotopic (exact) mass is 262 g/mol. The van der Waals surface area contributed by atoms with Crippen LogP contribution in [0.3, 0.4) is 0 Å². The Hall–Kier alpha value is -1.66. The van der Waals surface area contributed by atoms with Crippen LogP contribution in [0.25, 0.3) is 11.2 Å². The molecule has 19 heavy (non-hydrogen) atoms. The van der Waals surface area contributed by atoms with Crippen molar-refractivity contribution in [2.24, 2.45) is 11.8 Å². The average Bonchev–Trinajstić information content (AvgIpc) is 2.83. The number of nitrogens with one attached hydrogen (secondary N) is 1. The number of rotatable bonds is 0. The van der Waals surface area contributed by atoms with Gasteiger partial charge in [0.15, 0.2) is 5.65 Å². The summed E-state index contributed by atoms with van der Waals surface area (Å²) in [6.07, 6.45) is 2.79. The van der Waals surface area contributed by atoms with Crippen LogP contribution in [-0.4, -0.2) is 37.4 Å². The number of hydrogen-bond acceptors (Lipinski definition) is 5. The summed E-state index contributed by atoms with van der Waals surface area (Å²) in [5.74, 6) is 1.13. The number of imidazole rings is 1. The molecule has 4 unspecified atom stereocenters. The van der Waals surface area contributed by atoms with E-state index in [1.54, 1.807) is 6.33 Å². The largest absolute Gasteiger partial charge is 0.397 e. The molecule has 0 aliphatic heterocycles. The molecule has 0 amide bonds. The van der Waals surface area contributed by atoms with Gasteiger partial charge in [-0.25, -0.2) is 9.97 Å². The minimum absolute atomic E-state index is 0.389. The average molecular weight is 262 g/mol. The van der Waals surface area contributed by atoms with Crippen molar-refractivity contribution in [3.05, 3.63) is 18.1 Å². The molecule has 2 aromatic heterocycles. The Balaban J connectivity index is 0.000000122. The molecule has 6 heteroatoms. The lowest BCUT2D eigenvalue weighted by molar-refractivity contribution is 0.0252. The van der Waals surface area contributed by atoms with E-state index in [-0.39, 0.29) is 6.10 Å². The van der Waals surface area contributed by atoms with E-state index in [0.717, 1.165) is 24.1 Å². The van der Waals surface area contributed by atoms with Crippen molar-refractivity contribution in [1.82, 2.24) is 15.0 Å². The Morgan fingerprint density at radius 1 is 1.37 bits per heavy atom. The highest BCUT2D eigenvalue weighted by molar-refractivity contribution is 5.83. The standard InChI is InChI=1S/C7H8N4.C6H10O2/c1-4-2-5(8)6-7(11-4)10-3-9-6;7-5-2-3-1-4(3)6(5)8/h2-3H,1H3,(H3,8,9,10,11);3-8H,1-2H2. The Kier molecular flexibility index (Phi) is 2.91. The predicted molar refractivity (Wildman–Crippen MR) is 71.3 cm³/mol. The van der Waals surface area contributed by atoms with Gasteiger partial charge in [-0.05, 0) is 37.7 Å². The van der Waals surface area contributed by atoms with E-state index >= 15 is 0 Å². The number of aliphatic hydroxyl groups excluding tert-OH is 2. The topological polar surface area (TPSA) is 108 Å². The molecule has 0 bridgehead atoms. The fourth-order valence-corrected chi connectivity index (χ4v) is 2.78. The third kappa shape index (κ3) is 2.29. The number of aryl methyl sites for hydroxylation is 1. The van der Waals surface area contributed by atoms with Crippen molar-refractivity contribution in [3.8, 4) is 0 Å². The van der Waals surface area contributed by atoms with Crippen LogP contribution in [0.5, 0.6) is 0 Å². The molecular formula is C13H18N4O2. The smallest absolute Gasteiger partial charge is 0.179 e. The van der Waals surface area contributed by atoms with E-state index in [4.69, 9.17) is 15.9 Å². The second kappa shape index (κ2) is 4.47. The van der Waals surface area contributed by atoms with Gasteiger partial charge in [0.2, 0.25) is 0 Å². The maximum atomic E-state index is 9.06. The maximum absolute atomic E-state index is 9.06. The van der Waals surface area contributed by atoms with Gasteiger partial charge in [-0.1, -0.05) is 0 Å². The van der Waals surface area contributed by atoms with Gasteiger partial charge in [-0.3, -0.25) is 0 Å². The summed E-state index contributed by atoms with van der Waals surface area (Å²) in [6.45, 7) is 1.89. The van der Waals surface area contributed by atoms with E-state index in [9.17, 15) is 0 Å². The third-order valence-corrected chi connectivity index (χ3v) is 3.91. The number of fused-ring (bicyclic) bond motifs is 2. The van der Waals surface area contributed by atoms with Crippen LogP contribution in [0.1, 0.15) is 18.5 Å². The van der Waals surface area contributed by atoms with Crippen molar-refractivity contribution in [3.63, 3.8) is 0 Å². The van der Waals surface area contributed by atoms with E-state index in [1.165, 1.54) is 0 Å². The number of aromatic nitrogens is 3. The Labute approximate surface area is 110 Å². The molecule has 2 saturated carbocycles. The highest BCUT2D eigenvalue weighted by Crippen LogP contribution is 2.51. The van der Waals surface area contributed by atoms with E-state index in [1.807, 2.05) is 13.0 Å². The SMILES string of the molecule is Cc1cc(N)c2[nH]cnc2n1.OC1CC2CC2C1O. The first-order valence-corrected chi connectivity index (χ1v) is 6.48. The van der Waals surface area contributed by atoms with Gasteiger partial charge in [0.05, 0.1) is 24.2 Å². The highest BCUT2D eigenvalue weighted by Gasteiger charge is 2.52. The predicted octanol–water partition coefficient (Wildman–Crippen LogP) is 0.597. The fourth-order valence-electron chi connectivity index (χ4n) is 2.78. The van der Waals surface area contributed by atoms with Gasteiger partial charge in [-0.15, -0.1) is 0 Å². The molecule has 2 fully saturated rings. The summed E-state index contributed by atoms with van der Waals surface area (Å²) >= 11 is 0. The van der Waals surface area contributed by atoms with Gasteiger partial charge in [0.1, 0.15) is 5.52 Å². The first kappa shape index (κ1) is 12.4. The zero-order chi connectivity index (χ0) is 13.6. The van der Waals surface area contributed by atoms with Crippen LogP contribution >= 0.6 is 0 Å². The molecule has 5 N–H and O–H groups in total. The Bertz CT molecular complexity index is 595. The molecule has 2 aliphatic rings. The Morgan fingerprint density at radius 3 is 2.74 bits per heavy atom. The normalized spacial score (nSPS) is 31.7. The number of aliphatic hydroxyl groups is 2. The van der Waals surface area contributed by atoms with Crippen LogP contribution in [0, 0.1) is 18.8 Å². The van der Waals surface area contributed by atoms with Crippen LogP contribution in [0.4, 0.5) is 5.69 Å². The number of pyridine rings is 1. The molecule has 2 aromatic rings. The Morgan fingerprint density at radius 2 is 2.16 bits per heavy atom. The summed E-state index contributed by atoms with van der Waals surface area (Å²) in [7, 11) is 0. The number of nitrogens with two attached hydrogens (primary N) is 1. The second-order valence-electron chi connectivity index (χ2n) is 5.41. The van der Waals surface area contributed by atoms with E-state index < -0.39 is 6.10 Å². The van der Waals surface area contributed by atoms with Gasteiger partial charge < -0.3 is 20.9 Å². The summed E-state index contributed by atoms with van der Waals surface area (Å²) in [4.78, 5) is 11.1. The molecule has 2 aliphatic carbocycles. The summed E-state index contributed by atoms with van der Waals surface area (Å²) in [6, 6.07) is 1.82. The minimum Gasteiger partial charge on any atom is -0.397 e. The lowest BCUT2D eigenvalue weighted by Gasteiger charge is -2.08. The van der Waals surface area contributed by atoms with Gasteiger partial charge >= 0.3 is 0 Å². The second-order valence-corrected chi connectivity index (χ2v) is 5.41. The third-order valence-electron chi connectivity index (χ3n) is 3.91. The van der Waals surface area contributed by atoms with Crippen LogP contribution in [0.15, 0.2) is 12.4 Å². The molecular weight excluding hydrogens is 244 g/mol. The first-order chi connectivity index (χ1) is 9.06. The quantitative estimate of drug-likeness (QED) is 0.556. The number of aromatic amines is 1. The lowest BCUT2D eigenvalue weighted by Crippen LogP contribution is -2.22. The highest BCUT2D eigenvalue weighted by atomic mass is 16.3. The number of H-pyrrole nitrogens is 1. The van der Waals surface area contributed by atoms with Crippen molar-refractivity contribution >= 4 is 16.9 Å². The summed E-state index contributed by atoms with van der Waals surface area (Å²) in [5, 5.41) is 18.0. The molecule has 4 rings (SSSR count). The summed E-state index contributed by atoms with van der Waals surface area (Å²) < 4.78 is 0. The van der Waals surface area contributed by atoms with E-state index in [0.29, 0.717) is 23.2 Å². The molecule has 2 heterocycles. The lowest BCUT2D eigenvalue weighted by atomic mass is 10.2. The number of nitrogens with zero attached hydrogens (tertiary/aromatic N) is 2. The van der Waals surface area contributed by atoms with Crippen molar-refractivity contribution in [2.45, 2.75) is 32.0 Å². The number of hydrogen-bond donors (Lipinski definition) is 4. The molecule has 0 saturated heterocycles.